The van der Waals surface area contributed by atoms with E-state index in [1.807, 2.05) is 6.07 Å². The monoisotopic (exact) mass is 466 g/mol. The Kier molecular flexibility index (Phi) is 5.10. The van der Waals surface area contributed by atoms with Gasteiger partial charge in [0.1, 0.15) is 0 Å². The summed E-state index contributed by atoms with van der Waals surface area (Å²) in [4.78, 5) is 0.229. The summed E-state index contributed by atoms with van der Waals surface area (Å²) in [5, 5.41) is 4.14. The molecular weight excluding hydrogens is 448 g/mol. The molecule has 4 rings (SSSR count). The molecule has 2 aliphatic rings. The van der Waals surface area contributed by atoms with Crippen LogP contribution in [0.2, 0.25) is 5.02 Å². The fraction of sp³-hybridized carbons (Fsp3) is 0.300. The van der Waals surface area contributed by atoms with Gasteiger partial charge in [0, 0.05) is 33.2 Å². The number of sulfonamides is 1. The lowest BCUT2D eigenvalue weighted by Crippen LogP contribution is -2.42. The Bertz CT molecular complexity index is 992. The Morgan fingerprint density at radius 3 is 2.78 bits per heavy atom. The third-order valence-corrected chi connectivity index (χ3v) is 7.65. The molecule has 27 heavy (non-hydrogen) atoms. The summed E-state index contributed by atoms with van der Waals surface area (Å²) in [6.07, 6.45) is 7.22. The van der Waals surface area contributed by atoms with Gasteiger partial charge >= 0.3 is 0 Å². The highest BCUT2D eigenvalue weighted by Crippen LogP contribution is 2.48. The van der Waals surface area contributed by atoms with E-state index >= 15 is 0 Å². The van der Waals surface area contributed by atoms with E-state index in [4.69, 9.17) is 11.6 Å². The fourth-order valence-corrected chi connectivity index (χ4v) is 5.62. The van der Waals surface area contributed by atoms with Crippen LogP contribution in [0.4, 0.5) is 5.69 Å². The van der Waals surface area contributed by atoms with Gasteiger partial charge in [-0.15, -0.1) is 0 Å². The summed E-state index contributed by atoms with van der Waals surface area (Å²) in [5.74, 6) is 0. The van der Waals surface area contributed by atoms with Crippen molar-refractivity contribution in [3.05, 3.63) is 69.7 Å². The molecule has 0 saturated heterocycles. The van der Waals surface area contributed by atoms with Crippen molar-refractivity contribution >= 4 is 43.2 Å². The molecule has 0 aromatic heterocycles. The Balaban J connectivity index is 1.56. The molecule has 4 nitrogen and oxygen atoms in total. The van der Waals surface area contributed by atoms with Crippen LogP contribution in [-0.4, -0.2) is 21.0 Å². The smallest absolute Gasteiger partial charge is 0.240 e. The summed E-state index contributed by atoms with van der Waals surface area (Å²) in [6.45, 7) is 0.361. The summed E-state index contributed by atoms with van der Waals surface area (Å²) >= 11 is 9.42. The molecule has 2 aromatic rings. The molecule has 2 N–H and O–H groups in total. The van der Waals surface area contributed by atoms with Crippen LogP contribution in [0.5, 0.6) is 0 Å². The molecule has 7 heteroatoms. The maximum atomic E-state index is 12.6. The van der Waals surface area contributed by atoms with Crippen molar-refractivity contribution in [2.45, 2.75) is 35.6 Å². The van der Waals surface area contributed by atoms with Crippen molar-refractivity contribution < 1.29 is 8.42 Å². The Hall–Kier alpha value is -1.34. The first-order valence-electron chi connectivity index (χ1n) is 8.90. The maximum absolute atomic E-state index is 12.6. The highest BCUT2D eigenvalue weighted by molar-refractivity contribution is 9.10. The Labute approximate surface area is 173 Å². The first-order valence-corrected chi connectivity index (χ1v) is 11.6. The van der Waals surface area contributed by atoms with Crippen LogP contribution in [0.1, 0.15) is 24.8 Å². The number of rotatable bonds is 5. The van der Waals surface area contributed by atoms with E-state index in [-0.39, 0.29) is 16.4 Å². The zero-order chi connectivity index (χ0) is 19.1. The van der Waals surface area contributed by atoms with Crippen molar-refractivity contribution in [3.63, 3.8) is 0 Å². The fourth-order valence-electron chi connectivity index (χ4n) is 4.11. The first kappa shape index (κ1) is 19.0. The van der Waals surface area contributed by atoms with Gasteiger partial charge in [-0.1, -0.05) is 39.7 Å². The lowest BCUT2D eigenvalue weighted by Gasteiger charge is -2.36. The molecule has 0 spiro atoms. The second-order valence-electron chi connectivity index (χ2n) is 7.01. The van der Waals surface area contributed by atoms with Gasteiger partial charge in [0.05, 0.1) is 4.90 Å². The van der Waals surface area contributed by atoms with Gasteiger partial charge < -0.3 is 5.32 Å². The average Bonchev–Trinajstić information content (AvgIpc) is 2.96. The van der Waals surface area contributed by atoms with E-state index in [1.165, 1.54) is 17.7 Å². The number of fused-ring (bicyclic) bond motifs is 3. The second kappa shape index (κ2) is 7.24. The van der Waals surface area contributed by atoms with Gasteiger partial charge in [0.25, 0.3) is 0 Å². The van der Waals surface area contributed by atoms with E-state index in [1.54, 1.807) is 12.1 Å². The molecule has 2 unspecified atom stereocenters. The molecule has 1 aliphatic heterocycles. The predicted octanol–water partition coefficient (Wildman–Crippen LogP) is 4.85. The zero-order valence-electron chi connectivity index (χ0n) is 14.6. The highest BCUT2D eigenvalue weighted by Gasteiger charge is 2.45. The summed E-state index contributed by atoms with van der Waals surface area (Å²) in [7, 11) is -3.56. The SMILES string of the molecule is O=S(=O)(NCCC12C=CCCC1Nc1ccc(Br)cc12)c1ccc(Cl)cc1. The van der Waals surface area contributed by atoms with E-state index in [0.29, 0.717) is 18.0 Å². The highest BCUT2D eigenvalue weighted by atomic mass is 79.9. The minimum absolute atomic E-state index is 0.195. The predicted molar refractivity (Wildman–Crippen MR) is 113 cm³/mol. The van der Waals surface area contributed by atoms with E-state index < -0.39 is 10.0 Å². The van der Waals surface area contributed by atoms with Crippen molar-refractivity contribution in [1.29, 1.82) is 0 Å². The summed E-state index contributed by atoms with van der Waals surface area (Å²) in [6, 6.07) is 12.8. The lowest BCUT2D eigenvalue weighted by atomic mass is 9.70. The van der Waals surface area contributed by atoms with E-state index in [2.05, 4.69) is 50.3 Å². The van der Waals surface area contributed by atoms with Crippen molar-refractivity contribution in [1.82, 2.24) is 4.72 Å². The average molecular weight is 468 g/mol. The van der Waals surface area contributed by atoms with Gasteiger partial charge in [-0.2, -0.15) is 0 Å². The number of hydrogen-bond donors (Lipinski definition) is 2. The van der Waals surface area contributed by atoms with Gasteiger partial charge in [-0.3, -0.25) is 0 Å². The minimum Gasteiger partial charge on any atom is -0.381 e. The van der Waals surface area contributed by atoms with Gasteiger partial charge in [-0.25, -0.2) is 13.1 Å². The Morgan fingerprint density at radius 2 is 2.00 bits per heavy atom. The van der Waals surface area contributed by atoms with Crippen molar-refractivity contribution in [3.8, 4) is 0 Å². The standard InChI is InChI=1S/C20H20BrClN2O2S/c21-14-4-9-18-17(13-14)20(10-2-1-3-19(20)24-18)11-12-23-27(25,26)16-7-5-15(22)6-8-16/h2,4-10,13,19,23-24H,1,3,11-12H2. The molecule has 1 aliphatic carbocycles. The number of anilines is 1. The first-order chi connectivity index (χ1) is 12.9. The number of hydrogen-bond acceptors (Lipinski definition) is 3. The van der Waals surface area contributed by atoms with Crippen LogP contribution in [0.15, 0.2) is 64.0 Å². The van der Waals surface area contributed by atoms with E-state index in [0.717, 1.165) is 23.0 Å². The molecule has 0 bridgehead atoms. The van der Waals surface area contributed by atoms with Crippen molar-refractivity contribution in [2.24, 2.45) is 0 Å². The lowest BCUT2D eigenvalue weighted by molar-refractivity contribution is 0.403. The number of halogens is 2. The normalized spacial score (nSPS) is 23.6. The van der Waals surface area contributed by atoms with Crippen LogP contribution >= 0.6 is 27.5 Å². The van der Waals surface area contributed by atoms with Crippen molar-refractivity contribution in [2.75, 3.05) is 11.9 Å². The third-order valence-electron chi connectivity index (χ3n) is 5.43. The van der Waals surface area contributed by atoms with Crippen LogP contribution in [0, 0.1) is 0 Å². The largest absolute Gasteiger partial charge is 0.381 e. The topological polar surface area (TPSA) is 58.2 Å². The summed E-state index contributed by atoms with van der Waals surface area (Å²) in [5.41, 5.74) is 2.17. The molecule has 142 valence electrons. The minimum atomic E-state index is -3.56. The number of nitrogens with one attached hydrogen (secondary N) is 2. The van der Waals surface area contributed by atoms with Crippen LogP contribution in [-0.2, 0) is 15.4 Å². The molecule has 0 saturated carbocycles. The van der Waals surface area contributed by atoms with Crippen LogP contribution < -0.4 is 10.0 Å². The van der Waals surface area contributed by atoms with Crippen LogP contribution in [0.3, 0.4) is 0 Å². The quantitative estimate of drug-likeness (QED) is 0.618. The second-order valence-corrected chi connectivity index (χ2v) is 10.1. The molecule has 0 amide bonds. The maximum Gasteiger partial charge on any atom is 0.240 e. The molecule has 0 fully saturated rings. The molecule has 2 atom stereocenters. The number of benzene rings is 2. The molecular formula is C20H20BrClN2O2S. The number of allylic oxidation sites excluding steroid dienone is 1. The van der Waals surface area contributed by atoms with Crippen LogP contribution in [0.25, 0.3) is 0 Å². The summed E-state index contributed by atoms with van der Waals surface area (Å²) < 4.78 is 28.9. The van der Waals surface area contributed by atoms with E-state index in [9.17, 15) is 8.42 Å². The molecule has 1 heterocycles. The molecule has 0 radical (unpaired) electrons. The van der Waals surface area contributed by atoms with Gasteiger partial charge in [0.15, 0.2) is 0 Å². The third kappa shape index (κ3) is 3.56. The zero-order valence-corrected chi connectivity index (χ0v) is 17.7. The van der Waals surface area contributed by atoms with Gasteiger partial charge in [0.2, 0.25) is 10.0 Å². The molecule has 2 aromatic carbocycles. The Morgan fingerprint density at radius 1 is 1.22 bits per heavy atom. The van der Waals surface area contributed by atoms with Gasteiger partial charge in [-0.05, 0) is 67.3 Å².